The number of benzene rings is 1. The average Bonchev–Trinajstić information content (AvgIpc) is 3.30. The summed E-state index contributed by atoms with van der Waals surface area (Å²) in [5, 5.41) is 1.06. The molecule has 1 aromatic carbocycles. The Hall–Kier alpha value is -2.14. The number of esters is 1. The van der Waals surface area contributed by atoms with Crippen molar-refractivity contribution in [1.82, 2.24) is 0 Å². The van der Waals surface area contributed by atoms with Crippen LogP contribution in [0.3, 0.4) is 0 Å². The molecule has 0 bridgehead atoms. The van der Waals surface area contributed by atoms with Crippen LogP contribution in [0.15, 0.2) is 42.7 Å². The van der Waals surface area contributed by atoms with E-state index in [1.165, 1.54) is 0 Å². The van der Waals surface area contributed by atoms with Crippen molar-refractivity contribution in [1.29, 1.82) is 0 Å². The van der Waals surface area contributed by atoms with E-state index in [1.807, 2.05) is 18.2 Å². The number of nitrogens with one attached hydrogen (secondary N) is 1. The van der Waals surface area contributed by atoms with Crippen LogP contribution in [0.5, 0.6) is 11.5 Å². The lowest BCUT2D eigenvalue weighted by Gasteiger charge is -2.36. The molecule has 0 fully saturated rings. The summed E-state index contributed by atoms with van der Waals surface area (Å²) in [6, 6.07) is 9.41. The molecule has 0 amide bonds. The molecule has 2 aromatic heterocycles. The van der Waals surface area contributed by atoms with Crippen molar-refractivity contribution in [2.45, 2.75) is 64.5 Å². The molecule has 39 heavy (non-hydrogen) atoms. The Kier molecular flexibility index (Phi) is 11.8. The topological polar surface area (TPSA) is 98.1 Å². The van der Waals surface area contributed by atoms with Crippen LogP contribution >= 0.6 is 34.5 Å². The van der Waals surface area contributed by atoms with E-state index in [2.05, 4.69) is 38.8 Å². The highest BCUT2D eigenvalue weighted by atomic mass is 35.5. The third-order valence-electron chi connectivity index (χ3n) is 6.86. The maximum absolute atomic E-state index is 13.1. The van der Waals surface area contributed by atoms with E-state index in [1.54, 1.807) is 50.1 Å². The van der Waals surface area contributed by atoms with Crippen LogP contribution in [0, 0.1) is 0 Å². The molecule has 0 saturated carbocycles. The summed E-state index contributed by atoms with van der Waals surface area (Å²) in [7, 11) is 1.27. The van der Waals surface area contributed by atoms with Crippen molar-refractivity contribution >= 4 is 48.8 Å². The van der Waals surface area contributed by atoms with E-state index in [-0.39, 0.29) is 22.9 Å². The van der Waals surface area contributed by atoms with Gasteiger partial charge in [-0.1, -0.05) is 50.0 Å². The lowest BCUT2D eigenvalue weighted by Crippen LogP contribution is -2.40. The minimum atomic E-state index is -1.86. The minimum absolute atomic E-state index is 0. The van der Waals surface area contributed by atoms with Gasteiger partial charge in [0.1, 0.15) is 16.1 Å². The lowest BCUT2D eigenvalue weighted by molar-refractivity contribution is -0.377. The number of thiophene rings is 1. The molecule has 0 spiro atoms. The number of hydrogen-bond acceptors (Lipinski definition) is 7. The largest absolute Gasteiger partial charge is 0.870 e. The molecule has 1 atom stereocenters. The van der Waals surface area contributed by atoms with Gasteiger partial charge >= 0.3 is 5.97 Å². The SMILES string of the molecule is COc1ccc([C@H](Cc2c(Cl)c[nH+]cc2Cl)OC(=O)Cc2ccc(CO[Si](C)(C)C(C)(C)C)s2)cc1OC.[OH-]. The van der Waals surface area contributed by atoms with Crippen molar-refractivity contribution in [3.8, 4) is 11.5 Å². The highest BCUT2D eigenvalue weighted by Crippen LogP contribution is 2.38. The molecule has 0 aliphatic rings. The molecule has 3 aromatic rings. The quantitative estimate of drug-likeness (QED) is 0.166. The van der Waals surface area contributed by atoms with Gasteiger partial charge in [0.05, 0.1) is 27.2 Å². The first kappa shape index (κ1) is 33.1. The molecule has 214 valence electrons. The number of rotatable bonds is 11. The van der Waals surface area contributed by atoms with Crippen molar-refractivity contribution in [3.63, 3.8) is 0 Å². The van der Waals surface area contributed by atoms with Crippen molar-refractivity contribution in [3.05, 3.63) is 73.7 Å². The van der Waals surface area contributed by atoms with E-state index in [4.69, 9.17) is 41.8 Å². The molecular formula is C28H37Cl2NO6SSi. The third kappa shape index (κ3) is 8.67. The molecule has 0 radical (unpaired) electrons. The number of halogens is 2. The van der Waals surface area contributed by atoms with Gasteiger partial charge in [-0.05, 0) is 48.0 Å². The van der Waals surface area contributed by atoms with Gasteiger partial charge in [0, 0.05) is 21.7 Å². The Morgan fingerprint density at radius 1 is 1.00 bits per heavy atom. The molecule has 0 aliphatic carbocycles. The van der Waals surface area contributed by atoms with Crippen molar-refractivity contribution < 1.29 is 33.9 Å². The number of aromatic nitrogens is 1. The lowest BCUT2D eigenvalue weighted by atomic mass is 10.0. The summed E-state index contributed by atoms with van der Waals surface area (Å²) in [6.07, 6.45) is 3.10. The molecule has 2 heterocycles. The van der Waals surface area contributed by atoms with Crippen LogP contribution in [-0.2, 0) is 33.4 Å². The second-order valence-electron chi connectivity index (χ2n) is 10.5. The molecule has 2 N–H and O–H groups in total. The van der Waals surface area contributed by atoms with Crippen molar-refractivity contribution in [2.75, 3.05) is 14.2 Å². The first-order valence-electron chi connectivity index (χ1n) is 12.3. The Labute approximate surface area is 245 Å². The maximum Gasteiger partial charge on any atom is 0.311 e. The van der Waals surface area contributed by atoms with Gasteiger partial charge in [0.15, 0.2) is 32.2 Å². The molecule has 0 saturated heterocycles. The van der Waals surface area contributed by atoms with Gasteiger partial charge < -0.3 is 24.1 Å². The monoisotopic (exact) mass is 613 g/mol. The molecule has 7 nitrogen and oxygen atoms in total. The van der Waals surface area contributed by atoms with E-state index < -0.39 is 14.4 Å². The summed E-state index contributed by atoms with van der Waals surface area (Å²) < 4.78 is 23.2. The number of ether oxygens (including phenoxy) is 3. The number of hydrogen-bond donors (Lipinski definition) is 0. The highest BCUT2D eigenvalue weighted by molar-refractivity contribution is 7.12. The van der Waals surface area contributed by atoms with E-state index in [9.17, 15) is 4.79 Å². The fourth-order valence-corrected chi connectivity index (χ4v) is 6.05. The standard InChI is InChI=1S/C28H35Cl2NO5SSi.H2O/c1-28(2,3)38(6,7)35-17-20-10-9-19(37-20)13-27(32)36-25(14-21-22(29)15-31-16-23(21)30)18-8-11-24(33-4)26(12-18)34-5;/h8-12,15-16,25H,13-14,17H2,1-7H3;1H2/t25-;/m0./s1. The van der Waals surface area contributed by atoms with Gasteiger partial charge in [-0.3, -0.25) is 4.79 Å². The highest BCUT2D eigenvalue weighted by Gasteiger charge is 2.37. The molecular weight excluding hydrogens is 577 g/mol. The Bertz CT molecular complexity index is 1240. The van der Waals surface area contributed by atoms with E-state index in [0.29, 0.717) is 40.1 Å². The Morgan fingerprint density at radius 3 is 2.21 bits per heavy atom. The normalized spacial score (nSPS) is 12.4. The number of H-pyrrole nitrogens is 1. The van der Waals surface area contributed by atoms with Crippen LogP contribution in [0.1, 0.15) is 47.8 Å². The van der Waals surface area contributed by atoms with Crippen LogP contribution < -0.4 is 14.5 Å². The Morgan fingerprint density at radius 2 is 1.62 bits per heavy atom. The number of carbonyl (C=O) groups is 1. The summed E-state index contributed by atoms with van der Waals surface area (Å²) in [6.45, 7) is 11.7. The first-order valence-corrected chi connectivity index (χ1v) is 16.8. The number of aromatic amines is 1. The minimum Gasteiger partial charge on any atom is -0.870 e. The first-order chi connectivity index (χ1) is 17.8. The predicted molar refractivity (Wildman–Crippen MR) is 157 cm³/mol. The number of methoxy groups -OCH3 is 2. The fraction of sp³-hybridized carbons (Fsp3) is 0.429. The van der Waals surface area contributed by atoms with Crippen LogP contribution in [-0.4, -0.2) is 34.0 Å². The third-order valence-corrected chi connectivity index (χ3v) is 13.1. The average molecular weight is 615 g/mol. The number of pyridine rings is 1. The van der Waals surface area contributed by atoms with Crippen LogP contribution in [0.2, 0.25) is 28.2 Å². The Balaban J connectivity index is 0.00000533. The predicted octanol–water partition coefficient (Wildman–Crippen LogP) is 7.30. The number of carbonyl (C=O) groups excluding carboxylic acids is 1. The second-order valence-corrected chi connectivity index (χ2v) is 17.4. The molecule has 3 rings (SSSR count). The second kappa shape index (κ2) is 14.0. The summed E-state index contributed by atoms with van der Waals surface area (Å²) in [5.41, 5.74) is 1.42. The summed E-state index contributed by atoms with van der Waals surface area (Å²) >= 11 is 14.4. The summed E-state index contributed by atoms with van der Waals surface area (Å²) in [5.74, 6) is 0.769. The maximum atomic E-state index is 13.1. The zero-order valence-corrected chi connectivity index (χ0v) is 26.7. The molecule has 0 aliphatic heterocycles. The van der Waals surface area contributed by atoms with E-state index in [0.717, 1.165) is 15.3 Å². The molecule has 0 unspecified atom stereocenters. The smallest absolute Gasteiger partial charge is 0.311 e. The van der Waals surface area contributed by atoms with Gasteiger partial charge in [-0.2, -0.15) is 0 Å². The zero-order valence-electron chi connectivity index (χ0n) is 23.4. The van der Waals surface area contributed by atoms with Crippen LogP contribution in [0.25, 0.3) is 0 Å². The summed E-state index contributed by atoms with van der Waals surface area (Å²) in [4.78, 5) is 18.0. The van der Waals surface area contributed by atoms with Gasteiger partial charge in [0.25, 0.3) is 0 Å². The van der Waals surface area contributed by atoms with Crippen LogP contribution in [0.4, 0.5) is 0 Å². The van der Waals surface area contributed by atoms with Gasteiger partial charge in [-0.15, -0.1) is 11.3 Å². The van der Waals surface area contributed by atoms with Crippen molar-refractivity contribution in [2.24, 2.45) is 0 Å². The van der Waals surface area contributed by atoms with Gasteiger partial charge in [0.2, 0.25) is 0 Å². The molecule has 11 heteroatoms. The van der Waals surface area contributed by atoms with Gasteiger partial charge in [-0.25, -0.2) is 4.98 Å². The van der Waals surface area contributed by atoms with E-state index >= 15 is 0 Å². The zero-order chi connectivity index (χ0) is 28.1. The fourth-order valence-electron chi connectivity index (χ4n) is 3.54.